The van der Waals surface area contributed by atoms with Gasteiger partial charge >= 0.3 is 0 Å². The molecule has 0 aliphatic rings. The van der Waals surface area contributed by atoms with Crippen molar-refractivity contribution >= 4 is 0 Å². The van der Waals surface area contributed by atoms with Crippen molar-refractivity contribution in [1.29, 1.82) is 0 Å². The van der Waals surface area contributed by atoms with Gasteiger partial charge in [-0.15, -0.1) is 0 Å². The predicted octanol–water partition coefficient (Wildman–Crippen LogP) is 4.67. The number of rotatable bonds is 2. The van der Waals surface area contributed by atoms with Crippen LogP contribution in [0.2, 0.25) is 0 Å². The molecule has 94 valence electrons. The number of hydrogen-bond acceptors (Lipinski definition) is 0. The lowest BCUT2D eigenvalue weighted by Gasteiger charge is -2.06. The molecule has 0 bridgehead atoms. The zero-order valence-corrected chi connectivity index (χ0v) is 11.3. The Morgan fingerprint density at radius 2 is 1.26 bits per heavy atom. The van der Waals surface area contributed by atoms with Gasteiger partial charge in [-0.2, -0.15) is 0 Å². The molecule has 0 spiro atoms. The van der Waals surface area contributed by atoms with E-state index in [0.29, 0.717) is 0 Å². The van der Waals surface area contributed by atoms with Crippen molar-refractivity contribution in [2.75, 3.05) is 0 Å². The van der Waals surface area contributed by atoms with Crippen LogP contribution in [0.4, 0.5) is 0 Å². The monoisotopic (exact) mass is 247 g/mol. The summed E-state index contributed by atoms with van der Waals surface area (Å²) in [6.45, 7) is 2.18. The van der Waals surface area contributed by atoms with E-state index in [2.05, 4.69) is 85.4 Å². The minimum Gasteiger partial charge on any atom is -0.353 e. The summed E-state index contributed by atoms with van der Waals surface area (Å²) in [6.07, 6.45) is 2.22. The van der Waals surface area contributed by atoms with Crippen LogP contribution in [0, 0.1) is 6.92 Å². The topological polar surface area (TPSA) is 4.93 Å². The normalized spacial score (nSPS) is 10.6. The van der Waals surface area contributed by atoms with Crippen molar-refractivity contribution in [2.45, 2.75) is 6.92 Å². The molecule has 3 aromatic rings. The molecule has 1 heterocycles. The Bertz CT molecular complexity index is 678. The molecule has 0 radical (unpaired) electrons. The van der Waals surface area contributed by atoms with Gasteiger partial charge in [-0.05, 0) is 18.1 Å². The second-order valence-electron chi connectivity index (χ2n) is 4.85. The number of benzene rings is 2. The molecule has 0 N–H and O–H groups in total. The zero-order chi connectivity index (χ0) is 13.2. The van der Waals surface area contributed by atoms with Gasteiger partial charge in [0.15, 0.2) is 0 Å². The largest absolute Gasteiger partial charge is 0.353 e. The molecule has 0 unspecified atom stereocenters. The molecule has 0 aliphatic heterocycles. The Labute approximate surface area is 114 Å². The first-order valence-electron chi connectivity index (χ1n) is 6.54. The summed E-state index contributed by atoms with van der Waals surface area (Å²) < 4.78 is 2.20. The fourth-order valence-electron chi connectivity index (χ4n) is 2.53. The van der Waals surface area contributed by atoms with Crippen molar-refractivity contribution < 1.29 is 0 Å². The van der Waals surface area contributed by atoms with Gasteiger partial charge in [0.1, 0.15) is 0 Å². The van der Waals surface area contributed by atoms with Crippen molar-refractivity contribution in [1.82, 2.24) is 4.57 Å². The lowest BCUT2D eigenvalue weighted by molar-refractivity contribution is 0.884. The van der Waals surface area contributed by atoms with Gasteiger partial charge < -0.3 is 4.57 Å². The van der Waals surface area contributed by atoms with Gasteiger partial charge in [0.05, 0.1) is 0 Å². The molecular weight excluding hydrogens is 230 g/mol. The van der Waals surface area contributed by atoms with Crippen LogP contribution >= 0.6 is 0 Å². The molecule has 19 heavy (non-hydrogen) atoms. The predicted molar refractivity (Wildman–Crippen MR) is 81.0 cm³/mol. The first kappa shape index (κ1) is 11.8. The summed E-state index contributed by atoms with van der Waals surface area (Å²) in [6, 6.07) is 21.2. The summed E-state index contributed by atoms with van der Waals surface area (Å²) in [7, 11) is 2.11. The standard InChI is InChI=1S/C18H17N/c1-14-18(16-11-7-4-8-12-16)17(13-19(14)2)15-9-5-3-6-10-15/h3-13H,1-2H3. The fraction of sp³-hybridized carbons (Fsp3) is 0.111. The quantitative estimate of drug-likeness (QED) is 0.620. The van der Waals surface area contributed by atoms with Crippen molar-refractivity contribution in [3.05, 3.63) is 72.6 Å². The molecule has 0 saturated carbocycles. The summed E-state index contributed by atoms with van der Waals surface area (Å²) in [5.74, 6) is 0. The van der Waals surface area contributed by atoms with Crippen LogP contribution in [0.15, 0.2) is 66.9 Å². The summed E-state index contributed by atoms with van der Waals surface area (Å²) in [5, 5.41) is 0. The number of nitrogens with zero attached hydrogens (tertiary/aromatic N) is 1. The van der Waals surface area contributed by atoms with Crippen molar-refractivity contribution in [3.8, 4) is 22.3 Å². The maximum atomic E-state index is 2.22. The average molecular weight is 247 g/mol. The Balaban J connectivity index is 2.25. The maximum absolute atomic E-state index is 2.22. The minimum absolute atomic E-state index is 1.27. The van der Waals surface area contributed by atoms with E-state index >= 15 is 0 Å². The van der Waals surface area contributed by atoms with E-state index in [1.165, 1.54) is 27.9 Å². The second kappa shape index (κ2) is 4.77. The zero-order valence-electron chi connectivity index (χ0n) is 11.3. The maximum Gasteiger partial charge on any atom is 0.0225 e. The molecular formula is C18H17N. The summed E-state index contributed by atoms with van der Waals surface area (Å²) in [5.41, 5.74) is 6.47. The molecule has 0 aliphatic carbocycles. The Kier molecular flexibility index (Phi) is 2.96. The molecule has 3 rings (SSSR count). The van der Waals surface area contributed by atoms with Gasteiger partial charge in [0.25, 0.3) is 0 Å². The first-order chi connectivity index (χ1) is 9.27. The number of aromatic nitrogens is 1. The van der Waals surface area contributed by atoms with Crippen LogP contribution in [0.1, 0.15) is 5.69 Å². The van der Waals surface area contributed by atoms with Crippen molar-refractivity contribution in [3.63, 3.8) is 0 Å². The SMILES string of the molecule is Cc1c(-c2ccccc2)c(-c2ccccc2)cn1C. The first-order valence-corrected chi connectivity index (χ1v) is 6.54. The molecule has 0 saturated heterocycles. The van der Waals surface area contributed by atoms with Crippen LogP contribution in [-0.2, 0) is 7.05 Å². The molecule has 0 fully saturated rings. The lowest BCUT2D eigenvalue weighted by atomic mass is 9.97. The van der Waals surface area contributed by atoms with Crippen LogP contribution < -0.4 is 0 Å². The Morgan fingerprint density at radius 1 is 0.737 bits per heavy atom. The minimum atomic E-state index is 1.27. The van der Waals surface area contributed by atoms with E-state index in [0.717, 1.165) is 0 Å². The van der Waals surface area contributed by atoms with Gasteiger partial charge in [-0.25, -0.2) is 0 Å². The number of hydrogen-bond donors (Lipinski definition) is 0. The second-order valence-corrected chi connectivity index (χ2v) is 4.85. The third kappa shape index (κ3) is 2.08. The van der Waals surface area contributed by atoms with Gasteiger partial charge in [-0.1, -0.05) is 60.7 Å². The fourth-order valence-corrected chi connectivity index (χ4v) is 2.53. The van der Waals surface area contributed by atoms with E-state index in [4.69, 9.17) is 0 Å². The Hall–Kier alpha value is -2.28. The highest BCUT2D eigenvalue weighted by Gasteiger charge is 2.13. The molecule has 0 atom stereocenters. The van der Waals surface area contributed by atoms with Gasteiger partial charge in [0.2, 0.25) is 0 Å². The smallest absolute Gasteiger partial charge is 0.0225 e. The molecule has 1 nitrogen and oxygen atoms in total. The van der Waals surface area contributed by atoms with E-state index < -0.39 is 0 Å². The molecule has 2 aromatic carbocycles. The van der Waals surface area contributed by atoms with E-state index in [9.17, 15) is 0 Å². The Morgan fingerprint density at radius 3 is 1.84 bits per heavy atom. The highest BCUT2D eigenvalue weighted by atomic mass is 14.9. The molecule has 1 heteroatoms. The van der Waals surface area contributed by atoms with Gasteiger partial charge in [-0.3, -0.25) is 0 Å². The van der Waals surface area contributed by atoms with Gasteiger partial charge in [0, 0.05) is 30.1 Å². The lowest BCUT2D eigenvalue weighted by Crippen LogP contribution is -1.88. The number of aryl methyl sites for hydroxylation is 1. The van der Waals surface area contributed by atoms with E-state index in [-0.39, 0.29) is 0 Å². The van der Waals surface area contributed by atoms with Crippen LogP contribution in [0.25, 0.3) is 22.3 Å². The molecule has 1 aromatic heterocycles. The summed E-state index contributed by atoms with van der Waals surface area (Å²) >= 11 is 0. The van der Waals surface area contributed by atoms with E-state index in [1.807, 2.05) is 0 Å². The van der Waals surface area contributed by atoms with Crippen LogP contribution in [-0.4, -0.2) is 4.57 Å². The van der Waals surface area contributed by atoms with E-state index in [1.54, 1.807) is 0 Å². The highest BCUT2D eigenvalue weighted by molar-refractivity contribution is 5.85. The highest BCUT2D eigenvalue weighted by Crippen LogP contribution is 2.35. The molecule has 0 amide bonds. The van der Waals surface area contributed by atoms with Crippen LogP contribution in [0.3, 0.4) is 0 Å². The third-order valence-corrected chi connectivity index (χ3v) is 3.63. The van der Waals surface area contributed by atoms with Crippen LogP contribution in [0.5, 0.6) is 0 Å². The third-order valence-electron chi connectivity index (χ3n) is 3.63. The summed E-state index contributed by atoms with van der Waals surface area (Å²) in [4.78, 5) is 0. The average Bonchev–Trinajstić information content (AvgIpc) is 2.77. The van der Waals surface area contributed by atoms with Crippen molar-refractivity contribution in [2.24, 2.45) is 7.05 Å².